The Hall–Kier alpha value is -2.37. The van der Waals surface area contributed by atoms with Crippen molar-refractivity contribution in [2.75, 3.05) is 0 Å². The summed E-state index contributed by atoms with van der Waals surface area (Å²) in [6, 6.07) is 8.00. The van der Waals surface area contributed by atoms with Crippen molar-refractivity contribution in [2.45, 2.75) is 33.4 Å². The van der Waals surface area contributed by atoms with E-state index in [4.69, 9.17) is 9.84 Å². The van der Waals surface area contributed by atoms with E-state index >= 15 is 0 Å². The zero-order valence-electron chi connectivity index (χ0n) is 12.3. The number of carbonyl (C=O) groups is 3. The molecule has 0 aliphatic heterocycles. The van der Waals surface area contributed by atoms with E-state index in [9.17, 15) is 14.4 Å². The number of benzene rings is 1. The van der Waals surface area contributed by atoms with E-state index in [1.807, 2.05) is 18.2 Å². The van der Waals surface area contributed by atoms with Crippen molar-refractivity contribution >= 4 is 17.8 Å². The predicted octanol–water partition coefficient (Wildman–Crippen LogP) is 1.35. The molecule has 0 aromatic heterocycles. The van der Waals surface area contributed by atoms with E-state index in [1.165, 1.54) is 20.8 Å². The van der Waals surface area contributed by atoms with Gasteiger partial charge in [0, 0.05) is 0 Å². The lowest BCUT2D eigenvalue weighted by atomic mass is 9.92. The minimum atomic E-state index is -1.46. The molecule has 1 aromatic rings. The zero-order valence-corrected chi connectivity index (χ0v) is 12.3. The van der Waals surface area contributed by atoms with Crippen LogP contribution in [0.2, 0.25) is 0 Å². The summed E-state index contributed by atoms with van der Waals surface area (Å²) in [5, 5.41) is 11.0. The maximum Gasteiger partial charge on any atom is 0.325 e. The summed E-state index contributed by atoms with van der Waals surface area (Å²) in [6.45, 7) is 4.17. The molecule has 6 heteroatoms. The van der Waals surface area contributed by atoms with E-state index in [2.05, 4.69) is 5.32 Å². The fraction of sp³-hybridized carbons (Fsp3) is 0.400. The molecule has 1 atom stereocenters. The Kier molecular flexibility index (Phi) is 5.46. The van der Waals surface area contributed by atoms with Crippen LogP contribution in [0.4, 0.5) is 0 Å². The Labute approximate surface area is 123 Å². The second kappa shape index (κ2) is 6.88. The highest BCUT2D eigenvalue weighted by Crippen LogP contribution is 2.19. The number of hydrogen-bond donors (Lipinski definition) is 2. The van der Waals surface area contributed by atoms with Crippen LogP contribution in [0.15, 0.2) is 30.3 Å². The van der Waals surface area contributed by atoms with Gasteiger partial charge in [0.15, 0.2) is 0 Å². The topological polar surface area (TPSA) is 92.7 Å². The van der Waals surface area contributed by atoms with Crippen LogP contribution in [0.5, 0.6) is 0 Å². The van der Waals surface area contributed by atoms with Gasteiger partial charge in [0.1, 0.15) is 18.1 Å². The first-order valence-corrected chi connectivity index (χ1v) is 6.50. The van der Waals surface area contributed by atoms with Gasteiger partial charge < -0.3 is 15.2 Å². The minimum Gasteiger partial charge on any atom is -0.480 e. The van der Waals surface area contributed by atoms with Crippen molar-refractivity contribution < 1.29 is 24.2 Å². The normalized spacial score (nSPS) is 12.3. The number of carboxylic acids is 1. The van der Waals surface area contributed by atoms with E-state index in [1.54, 1.807) is 12.1 Å². The third-order valence-corrected chi connectivity index (χ3v) is 3.01. The third-order valence-electron chi connectivity index (χ3n) is 3.01. The van der Waals surface area contributed by atoms with E-state index in [0.29, 0.717) is 0 Å². The molecule has 1 rings (SSSR count). The van der Waals surface area contributed by atoms with Crippen LogP contribution in [0.3, 0.4) is 0 Å². The summed E-state index contributed by atoms with van der Waals surface area (Å²) in [6.07, 6.45) is 0. The van der Waals surface area contributed by atoms with Gasteiger partial charge in [0.2, 0.25) is 5.91 Å². The Morgan fingerprint density at radius 3 is 2.33 bits per heavy atom. The molecule has 0 radical (unpaired) electrons. The Morgan fingerprint density at radius 2 is 1.81 bits per heavy atom. The molecule has 114 valence electrons. The summed E-state index contributed by atoms with van der Waals surface area (Å²) < 4.78 is 5.11. The highest BCUT2D eigenvalue weighted by molar-refractivity contribution is 6.02. The molecule has 2 N–H and O–H groups in total. The molecule has 6 nitrogen and oxygen atoms in total. The summed E-state index contributed by atoms with van der Waals surface area (Å²) in [7, 11) is 0. The first kappa shape index (κ1) is 16.7. The molecule has 0 aliphatic rings. The molecule has 0 heterocycles. The molecule has 0 saturated heterocycles. The Balaban J connectivity index is 2.62. The summed E-state index contributed by atoms with van der Waals surface area (Å²) >= 11 is 0. The van der Waals surface area contributed by atoms with Crippen molar-refractivity contribution in [3.8, 4) is 0 Å². The lowest BCUT2D eigenvalue weighted by Crippen LogP contribution is -2.48. The van der Waals surface area contributed by atoms with E-state index in [0.717, 1.165) is 5.56 Å². The van der Waals surface area contributed by atoms with Gasteiger partial charge in [-0.2, -0.15) is 0 Å². The Bertz CT molecular complexity index is 524. The minimum absolute atomic E-state index is 0.0604. The predicted molar refractivity (Wildman–Crippen MR) is 75.3 cm³/mol. The number of carboxylic acid groups (broad SMARTS) is 1. The van der Waals surface area contributed by atoms with Crippen molar-refractivity contribution in [1.29, 1.82) is 0 Å². The molecule has 0 bridgehead atoms. The standard InChI is InChI=1S/C15H19NO5/c1-10(12(17)18)16-13(19)15(2,3)14(20)21-9-11-7-5-4-6-8-11/h4-8,10H,9H2,1-3H3,(H,16,19)(H,17,18)/t10-/m0/s1. The number of carbonyl (C=O) groups excluding carboxylic acids is 2. The fourth-order valence-electron chi connectivity index (χ4n) is 1.44. The molecule has 0 aliphatic carbocycles. The van der Waals surface area contributed by atoms with Crippen molar-refractivity contribution in [3.05, 3.63) is 35.9 Å². The molecular weight excluding hydrogens is 274 g/mol. The third kappa shape index (κ3) is 4.59. The van der Waals surface area contributed by atoms with Crippen LogP contribution in [-0.2, 0) is 25.7 Å². The molecule has 0 fully saturated rings. The van der Waals surface area contributed by atoms with Gasteiger partial charge in [0.05, 0.1) is 0 Å². The van der Waals surface area contributed by atoms with Gasteiger partial charge in [-0.05, 0) is 26.3 Å². The zero-order chi connectivity index (χ0) is 16.0. The number of rotatable bonds is 6. The maximum atomic E-state index is 12.0. The number of amides is 1. The lowest BCUT2D eigenvalue weighted by Gasteiger charge is -2.23. The first-order chi connectivity index (χ1) is 9.75. The van der Waals surface area contributed by atoms with Crippen molar-refractivity contribution in [3.63, 3.8) is 0 Å². The van der Waals surface area contributed by atoms with Crippen LogP contribution in [0.25, 0.3) is 0 Å². The molecule has 21 heavy (non-hydrogen) atoms. The summed E-state index contributed by atoms with van der Waals surface area (Å²) in [4.78, 5) is 34.7. The fourth-order valence-corrected chi connectivity index (χ4v) is 1.44. The molecule has 0 saturated carbocycles. The van der Waals surface area contributed by atoms with Gasteiger partial charge in [-0.15, -0.1) is 0 Å². The first-order valence-electron chi connectivity index (χ1n) is 6.50. The highest BCUT2D eigenvalue weighted by Gasteiger charge is 2.38. The van der Waals surface area contributed by atoms with Gasteiger partial charge in [-0.25, -0.2) is 0 Å². The van der Waals surface area contributed by atoms with Crippen molar-refractivity contribution in [2.24, 2.45) is 5.41 Å². The highest BCUT2D eigenvalue weighted by atomic mass is 16.5. The second-order valence-corrected chi connectivity index (χ2v) is 5.22. The number of nitrogens with one attached hydrogen (secondary N) is 1. The lowest BCUT2D eigenvalue weighted by molar-refractivity contribution is -0.161. The molecule has 1 amide bonds. The largest absolute Gasteiger partial charge is 0.480 e. The molecule has 0 unspecified atom stereocenters. The number of aliphatic carboxylic acids is 1. The van der Waals surface area contributed by atoms with E-state index in [-0.39, 0.29) is 6.61 Å². The Morgan fingerprint density at radius 1 is 1.24 bits per heavy atom. The molecular formula is C15H19NO5. The average molecular weight is 293 g/mol. The quantitative estimate of drug-likeness (QED) is 0.610. The SMILES string of the molecule is C[C@H](NC(=O)C(C)(C)C(=O)OCc1ccccc1)C(=O)O. The van der Waals surface area contributed by atoms with Gasteiger partial charge in [0.25, 0.3) is 0 Å². The van der Waals surface area contributed by atoms with Crippen LogP contribution in [0.1, 0.15) is 26.3 Å². The monoisotopic (exact) mass is 293 g/mol. The number of hydrogen-bond acceptors (Lipinski definition) is 4. The van der Waals surface area contributed by atoms with Gasteiger partial charge in [-0.3, -0.25) is 14.4 Å². The van der Waals surface area contributed by atoms with Crippen LogP contribution >= 0.6 is 0 Å². The summed E-state index contributed by atoms with van der Waals surface area (Å²) in [5.74, 6) is -2.56. The molecule has 0 spiro atoms. The van der Waals surface area contributed by atoms with Gasteiger partial charge >= 0.3 is 11.9 Å². The average Bonchev–Trinajstić information content (AvgIpc) is 2.45. The van der Waals surface area contributed by atoms with Crippen LogP contribution in [0, 0.1) is 5.41 Å². The second-order valence-electron chi connectivity index (χ2n) is 5.22. The maximum absolute atomic E-state index is 12.0. The molecule has 1 aromatic carbocycles. The van der Waals surface area contributed by atoms with Crippen LogP contribution in [-0.4, -0.2) is 29.0 Å². The van der Waals surface area contributed by atoms with Gasteiger partial charge in [-0.1, -0.05) is 30.3 Å². The van der Waals surface area contributed by atoms with Crippen molar-refractivity contribution in [1.82, 2.24) is 5.32 Å². The smallest absolute Gasteiger partial charge is 0.325 e. The van der Waals surface area contributed by atoms with Crippen LogP contribution < -0.4 is 5.32 Å². The summed E-state index contributed by atoms with van der Waals surface area (Å²) in [5.41, 5.74) is -0.653. The number of esters is 1. The number of ether oxygens (including phenoxy) is 1. The van der Waals surface area contributed by atoms with E-state index < -0.39 is 29.3 Å².